The lowest BCUT2D eigenvalue weighted by Gasteiger charge is -2.12. The van der Waals surface area contributed by atoms with E-state index in [9.17, 15) is 0 Å². The van der Waals surface area contributed by atoms with Crippen molar-refractivity contribution in [3.05, 3.63) is 23.4 Å². The molecule has 1 fully saturated rings. The normalized spacial score (nSPS) is 16.1. The van der Waals surface area contributed by atoms with Gasteiger partial charge in [-0.25, -0.2) is 4.98 Å². The van der Waals surface area contributed by atoms with E-state index in [0.29, 0.717) is 0 Å². The summed E-state index contributed by atoms with van der Waals surface area (Å²) in [6, 6.07) is 4.18. The van der Waals surface area contributed by atoms with Gasteiger partial charge >= 0.3 is 0 Å². The van der Waals surface area contributed by atoms with Crippen LogP contribution in [0.1, 0.15) is 43.9 Å². The number of nitrogens with one attached hydrogen (secondary N) is 1. The molecule has 1 heterocycles. The zero-order chi connectivity index (χ0) is 12.8. The van der Waals surface area contributed by atoms with Crippen molar-refractivity contribution < 1.29 is 4.74 Å². The first kappa shape index (κ1) is 13.3. The molecular weight excluding hydrogens is 224 g/mol. The van der Waals surface area contributed by atoms with Crippen LogP contribution in [0.2, 0.25) is 0 Å². The van der Waals surface area contributed by atoms with Gasteiger partial charge in [0, 0.05) is 18.3 Å². The van der Waals surface area contributed by atoms with E-state index in [1.54, 1.807) is 0 Å². The summed E-state index contributed by atoms with van der Waals surface area (Å²) in [5.74, 6) is 1.53. The molecule has 0 saturated heterocycles. The Labute approximate surface area is 110 Å². The fraction of sp³-hybridized carbons (Fsp3) is 0.667. The van der Waals surface area contributed by atoms with Gasteiger partial charge in [-0.05, 0) is 43.9 Å². The Morgan fingerprint density at radius 2 is 2.11 bits per heavy atom. The lowest BCUT2D eigenvalue weighted by Crippen LogP contribution is -2.13. The van der Waals surface area contributed by atoms with Crippen molar-refractivity contribution in [2.24, 2.45) is 5.92 Å². The van der Waals surface area contributed by atoms with Crippen LogP contribution in [0.4, 0.5) is 0 Å². The van der Waals surface area contributed by atoms with Crippen molar-refractivity contribution in [3.8, 4) is 5.88 Å². The predicted molar refractivity (Wildman–Crippen MR) is 73.8 cm³/mol. The zero-order valence-corrected chi connectivity index (χ0v) is 11.5. The molecule has 18 heavy (non-hydrogen) atoms. The molecule has 0 radical (unpaired) electrons. The third-order valence-electron chi connectivity index (χ3n) is 3.51. The molecule has 1 aromatic rings. The van der Waals surface area contributed by atoms with Gasteiger partial charge < -0.3 is 10.1 Å². The SMILES string of the molecule is CCNCc1cc(C)nc(OCC2CCCC2)c1. The van der Waals surface area contributed by atoms with Gasteiger partial charge in [-0.15, -0.1) is 0 Å². The Kier molecular flexibility index (Phi) is 5.00. The standard InChI is InChI=1S/C15H24N2O/c1-3-16-10-14-8-12(2)17-15(9-14)18-11-13-6-4-5-7-13/h8-9,13,16H,3-7,10-11H2,1-2H3. The van der Waals surface area contributed by atoms with Gasteiger partial charge in [-0.3, -0.25) is 0 Å². The van der Waals surface area contributed by atoms with Crippen LogP contribution in [-0.2, 0) is 6.54 Å². The van der Waals surface area contributed by atoms with E-state index < -0.39 is 0 Å². The second-order valence-electron chi connectivity index (χ2n) is 5.20. The van der Waals surface area contributed by atoms with Gasteiger partial charge in [0.1, 0.15) is 0 Å². The van der Waals surface area contributed by atoms with Crippen LogP contribution in [0, 0.1) is 12.8 Å². The van der Waals surface area contributed by atoms with Gasteiger partial charge in [0.05, 0.1) is 6.61 Å². The van der Waals surface area contributed by atoms with E-state index in [4.69, 9.17) is 4.74 Å². The Morgan fingerprint density at radius 1 is 1.33 bits per heavy atom. The van der Waals surface area contributed by atoms with E-state index in [-0.39, 0.29) is 0 Å². The Hall–Kier alpha value is -1.09. The average Bonchev–Trinajstić information content (AvgIpc) is 2.86. The van der Waals surface area contributed by atoms with Crippen LogP contribution in [0.25, 0.3) is 0 Å². The summed E-state index contributed by atoms with van der Waals surface area (Å²) >= 11 is 0. The molecule has 1 aromatic heterocycles. The van der Waals surface area contributed by atoms with Gasteiger partial charge in [0.2, 0.25) is 5.88 Å². The van der Waals surface area contributed by atoms with Crippen molar-refractivity contribution in [2.75, 3.05) is 13.2 Å². The van der Waals surface area contributed by atoms with Gasteiger partial charge in [0.25, 0.3) is 0 Å². The van der Waals surface area contributed by atoms with E-state index in [1.807, 2.05) is 6.92 Å². The third-order valence-corrected chi connectivity index (χ3v) is 3.51. The maximum atomic E-state index is 5.85. The molecule has 0 spiro atoms. The second kappa shape index (κ2) is 6.74. The average molecular weight is 248 g/mol. The monoisotopic (exact) mass is 248 g/mol. The quantitative estimate of drug-likeness (QED) is 0.840. The molecular formula is C15H24N2O. The molecule has 3 nitrogen and oxygen atoms in total. The third kappa shape index (κ3) is 3.98. The smallest absolute Gasteiger partial charge is 0.213 e. The molecule has 1 aliphatic carbocycles. The number of hydrogen-bond acceptors (Lipinski definition) is 3. The molecule has 1 N–H and O–H groups in total. The van der Waals surface area contributed by atoms with Crippen LogP contribution in [0.3, 0.4) is 0 Å². The van der Waals surface area contributed by atoms with Crippen molar-refractivity contribution in [3.63, 3.8) is 0 Å². The first-order valence-corrected chi connectivity index (χ1v) is 7.09. The van der Waals surface area contributed by atoms with Crippen molar-refractivity contribution >= 4 is 0 Å². The highest BCUT2D eigenvalue weighted by atomic mass is 16.5. The molecule has 1 aliphatic rings. The van der Waals surface area contributed by atoms with Crippen LogP contribution in [0.5, 0.6) is 5.88 Å². The molecule has 3 heteroatoms. The highest BCUT2D eigenvalue weighted by Crippen LogP contribution is 2.25. The number of aromatic nitrogens is 1. The summed E-state index contributed by atoms with van der Waals surface area (Å²) in [6.07, 6.45) is 5.36. The minimum Gasteiger partial charge on any atom is -0.477 e. The van der Waals surface area contributed by atoms with Crippen LogP contribution < -0.4 is 10.1 Å². The number of hydrogen-bond donors (Lipinski definition) is 1. The summed E-state index contributed by atoms with van der Waals surface area (Å²) < 4.78 is 5.85. The van der Waals surface area contributed by atoms with E-state index in [1.165, 1.54) is 31.2 Å². The maximum absolute atomic E-state index is 5.85. The summed E-state index contributed by atoms with van der Waals surface area (Å²) in [4.78, 5) is 4.45. The number of ether oxygens (including phenoxy) is 1. The lowest BCUT2D eigenvalue weighted by molar-refractivity contribution is 0.243. The molecule has 1 saturated carbocycles. The first-order chi connectivity index (χ1) is 8.78. The van der Waals surface area contributed by atoms with E-state index >= 15 is 0 Å². The number of rotatable bonds is 6. The van der Waals surface area contributed by atoms with Gasteiger partial charge in [-0.1, -0.05) is 19.8 Å². The molecule has 0 atom stereocenters. The lowest BCUT2D eigenvalue weighted by atomic mass is 10.1. The van der Waals surface area contributed by atoms with E-state index in [2.05, 4.69) is 29.4 Å². The summed E-state index contributed by atoms with van der Waals surface area (Å²) in [5.41, 5.74) is 2.29. The highest BCUT2D eigenvalue weighted by molar-refractivity contribution is 5.24. The molecule has 2 rings (SSSR count). The number of nitrogens with zero attached hydrogens (tertiary/aromatic N) is 1. The second-order valence-corrected chi connectivity index (χ2v) is 5.20. The molecule has 0 aromatic carbocycles. The van der Waals surface area contributed by atoms with E-state index in [0.717, 1.165) is 37.2 Å². The minimum atomic E-state index is 0.740. The topological polar surface area (TPSA) is 34.2 Å². The Balaban J connectivity index is 1.91. The minimum absolute atomic E-state index is 0.740. The largest absolute Gasteiger partial charge is 0.477 e. The summed E-state index contributed by atoms with van der Waals surface area (Å²) in [6.45, 7) is 6.85. The highest BCUT2D eigenvalue weighted by Gasteiger charge is 2.15. The predicted octanol–water partition coefficient (Wildman–Crippen LogP) is 3.07. The Morgan fingerprint density at radius 3 is 2.83 bits per heavy atom. The summed E-state index contributed by atoms with van der Waals surface area (Å²) in [7, 11) is 0. The zero-order valence-electron chi connectivity index (χ0n) is 11.5. The molecule has 0 amide bonds. The van der Waals surface area contributed by atoms with Crippen molar-refractivity contribution in [1.29, 1.82) is 0 Å². The van der Waals surface area contributed by atoms with Crippen molar-refractivity contribution in [2.45, 2.75) is 46.1 Å². The first-order valence-electron chi connectivity index (χ1n) is 7.09. The maximum Gasteiger partial charge on any atom is 0.213 e. The molecule has 0 bridgehead atoms. The Bertz CT molecular complexity index is 373. The fourth-order valence-electron chi connectivity index (χ4n) is 2.53. The van der Waals surface area contributed by atoms with Crippen LogP contribution in [0.15, 0.2) is 12.1 Å². The molecule has 0 unspecified atom stereocenters. The summed E-state index contributed by atoms with van der Waals surface area (Å²) in [5, 5.41) is 3.33. The molecule has 100 valence electrons. The van der Waals surface area contributed by atoms with Gasteiger partial charge in [0.15, 0.2) is 0 Å². The number of pyridine rings is 1. The van der Waals surface area contributed by atoms with Crippen LogP contribution >= 0.6 is 0 Å². The van der Waals surface area contributed by atoms with Crippen LogP contribution in [-0.4, -0.2) is 18.1 Å². The fourth-order valence-corrected chi connectivity index (χ4v) is 2.53. The van der Waals surface area contributed by atoms with Crippen molar-refractivity contribution in [1.82, 2.24) is 10.3 Å². The molecule has 0 aliphatic heterocycles. The van der Waals surface area contributed by atoms with Gasteiger partial charge in [-0.2, -0.15) is 0 Å². The number of aryl methyl sites for hydroxylation is 1.